The van der Waals surface area contributed by atoms with E-state index in [-0.39, 0.29) is 32.0 Å². The summed E-state index contributed by atoms with van der Waals surface area (Å²) >= 11 is 0. The van der Waals surface area contributed by atoms with Gasteiger partial charge >= 0.3 is 11.9 Å². The number of rotatable bonds is 47. The van der Waals surface area contributed by atoms with E-state index in [2.05, 4.69) is 38.2 Å². The molecule has 0 spiro atoms. The van der Waals surface area contributed by atoms with Gasteiger partial charge < -0.3 is 39.4 Å². The van der Waals surface area contributed by atoms with Crippen LogP contribution < -0.4 is 0 Å². The standard InChI is InChI=1S/C55H102O10/c1-3-5-7-9-11-13-15-17-19-21-22-23-24-25-26-28-30-32-34-36-38-40-42-44-51(58)64-48(47-63-55-54(61)53(60)52(59)49(45-56)65-55)46-62-50(57)43-41-39-37-35-33-31-29-27-20-18-16-14-12-10-8-6-4-2/h18,20-22,48-49,52-56,59-61H,3-17,19,23-47H2,1-2H3/b20-18-,22-21-. The van der Waals surface area contributed by atoms with Crippen LogP contribution in [0.25, 0.3) is 0 Å². The molecule has 1 heterocycles. The Morgan fingerprint density at radius 3 is 1.20 bits per heavy atom. The van der Waals surface area contributed by atoms with Crippen LogP contribution in [0.2, 0.25) is 0 Å². The minimum Gasteiger partial charge on any atom is -0.462 e. The fourth-order valence-electron chi connectivity index (χ4n) is 8.47. The second-order valence-corrected chi connectivity index (χ2v) is 19.0. The molecule has 1 rings (SSSR count). The maximum Gasteiger partial charge on any atom is 0.306 e. The van der Waals surface area contributed by atoms with Gasteiger partial charge in [0.05, 0.1) is 13.2 Å². The van der Waals surface area contributed by atoms with Crippen LogP contribution in [0.3, 0.4) is 0 Å². The number of ether oxygens (including phenoxy) is 4. The highest BCUT2D eigenvalue weighted by atomic mass is 16.7. The summed E-state index contributed by atoms with van der Waals surface area (Å²) in [5.41, 5.74) is 0. The highest BCUT2D eigenvalue weighted by molar-refractivity contribution is 5.70. The lowest BCUT2D eigenvalue weighted by molar-refractivity contribution is -0.305. The van der Waals surface area contributed by atoms with Gasteiger partial charge in [0.15, 0.2) is 12.4 Å². The maximum absolute atomic E-state index is 12.9. The van der Waals surface area contributed by atoms with Crippen molar-refractivity contribution in [3.05, 3.63) is 24.3 Å². The predicted molar refractivity (Wildman–Crippen MR) is 266 cm³/mol. The van der Waals surface area contributed by atoms with E-state index in [1.807, 2.05) is 0 Å². The zero-order valence-electron chi connectivity index (χ0n) is 42.0. The molecule has 382 valence electrons. The van der Waals surface area contributed by atoms with Gasteiger partial charge in [0.1, 0.15) is 31.0 Å². The number of esters is 2. The predicted octanol–water partition coefficient (Wildman–Crippen LogP) is 13.2. The summed E-state index contributed by atoms with van der Waals surface area (Å²) in [5, 5.41) is 40.2. The summed E-state index contributed by atoms with van der Waals surface area (Å²) in [6.45, 7) is 3.46. The highest BCUT2D eigenvalue weighted by Gasteiger charge is 2.44. The summed E-state index contributed by atoms with van der Waals surface area (Å²) in [5.74, 6) is -0.800. The van der Waals surface area contributed by atoms with E-state index in [0.717, 1.165) is 51.4 Å². The van der Waals surface area contributed by atoms with Gasteiger partial charge in [-0.25, -0.2) is 0 Å². The largest absolute Gasteiger partial charge is 0.462 e. The first kappa shape index (κ1) is 61.2. The minimum atomic E-state index is -1.59. The molecular formula is C55H102O10. The van der Waals surface area contributed by atoms with Crippen molar-refractivity contribution in [1.29, 1.82) is 0 Å². The molecule has 6 unspecified atom stereocenters. The first-order chi connectivity index (χ1) is 31.8. The number of carbonyl (C=O) groups is 2. The lowest BCUT2D eigenvalue weighted by atomic mass is 9.99. The van der Waals surface area contributed by atoms with Gasteiger partial charge in [-0.05, 0) is 64.2 Å². The van der Waals surface area contributed by atoms with Crippen molar-refractivity contribution in [1.82, 2.24) is 0 Å². The van der Waals surface area contributed by atoms with Gasteiger partial charge in [-0.15, -0.1) is 0 Å². The number of aliphatic hydroxyl groups excluding tert-OH is 4. The zero-order chi connectivity index (χ0) is 47.3. The average Bonchev–Trinajstić information content (AvgIpc) is 3.30. The Balaban J connectivity index is 2.22. The van der Waals surface area contributed by atoms with Gasteiger partial charge in [-0.1, -0.05) is 205 Å². The van der Waals surface area contributed by atoms with E-state index in [1.165, 1.54) is 173 Å². The molecule has 4 N–H and O–H groups in total. The van der Waals surface area contributed by atoms with E-state index in [0.29, 0.717) is 6.42 Å². The van der Waals surface area contributed by atoms with Crippen LogP contribution in [0.4, 0.5) is 0 Å². The first-order valence-corrected chi connectivity index (χ1v) is 27.4. The molecule has 0 aliphatic carbocycles. The van der Waals surface area contributed by atoms with Crippen LogP contribution in [0.5, 0.6) is 0 Å². The van der Waals surface area contributed by atoms with Gasteiger partial charge in [0.25, 0.3) is 0 Å². The number of aliphatic hydroxyl groups is 4. The third-order valence-electron chi connectivity index (χ3n) is 12.8. The van der Waals surface area contributed by atoms with Crippen molar-refractivity contribution >= 4 is 11.9 Å². The van der Waals surface area contributed by atoms with Gasteiger partial charge in [-0.3, -0.25) is 9.59 Å². The van der Waals surface area contributed by atoms with Crippen molar-refractivity contribution in [2.75, 3.05) is 19.8 Å². The van der Waals surface area contributed by atoms with Crippen molar-refractivity contribution in [2.24, 2.45) is 0 Å². The van der Waals surface area contributed by atoms with Crippen molar-refractivity contribution in [3.63, 3.8) is 0 Å². The summed E-state index contributed by atoms with van der Waals surface area (Å²) in [7, 11) is 0. The van der Waals surface area contributed by atoms with E-state index in [4.69, 9.17) is 18.9 Å². The van der Waals surface area contributed by atoms with Crippen molar-refractivity contribution in [3.8, 4) is 0 Å². The van der Waals surface area contributed by atoms with E-state index < -0.39 is 49.4 Å². The molecule has 0 radical (unpaired) electrons. The van der Waals surface area contributed by atoms with Gasteiger partial charge in [0, 0.05) is 12.8 Å². The van der Waals surface area contributed by atoms with Crippen LogP contribution in [0.15, 0.2) is 24.3 Å². The Hall–Kier alpha value is -1.82. The molecule has 0 aromatic heterocycles. The molecule has 1 saturated heterocycles. The minimum absolute atomic E-state index is 0.216. The Kier molecular flexibility index (Phi) is 43.2. The lowest BCUT2D eigenvalue weighted by Crippen LogP contribution is -2.59. The summed E-state index contributed by atoms with van der Waals surface area (Å²) in [6.07, 6.45) is 46.2. The van der Waals surface area contributed by atoms with Crippen LogP contribution >= 0.6 is 0 Å². The monoisotopic (exact) mass is 923 g/mol. The van der Waals surface area contributed by atoms with Crippen LogP contribution in [-0.2, 0) is 28.5 Å². The molecule has 0 bridgehead atoms. The normalized spacial score (nSPS) is 19.4. The molecular weight excluding hydrogens is 821 g/mol. The second kappa shape index (κ2) is 45.9. The summed E-state index contributed by atoms with van der Waals surface area (Å²) < 4.78 is 22.3. The van der Waals surface area contributed by atoms with E-state index in [1.54, 1.807) is 0 Å². The number of unbranched alkanes of at least 4 members (excludes halogenated alkanes) is 32. The molecule has 10 nitrogen and oxygen atoms in total. The molecule has 65 heavy (non-hydrogen) atoms. The van der Waals surface area contributed by atoms with E-state index in [9.17, 15) is 30.0 Å². The second-order valence-electron chi connectivity index (χ2n) is 19.0. The third kappa shape index (κ3) is 36.8. The Bertz CT molecular complexity index is 1110. The number of hydrogen-bond donors (Lipinski definition) is 4. The molecule has 6 atom stereocenters. The molecule has 1 aliphatic rings. The Morgan fingerprint density at radius 2 is 0.815 bits per heavy atom. The third-order valence-corrected chi connectivity index (χ3v) is 12.8. The first-order valence-electron chi connectivity index (χ1n) is 27.4. The topological polar surface area (TPSA) is 152 Å². The molecule has 10 heteroatoms. The van der Waals surface area contributed by atoms with Crippen molar-refractivity contribution < 1.29 is 49.0 Å². The van der Waals surface area contributed by atoms with E-state index >= 15 is 0 Å². The molecule has 0 aromatic rings. The number of hydrogen-bond acceptors (Lipinski definition) is 10. The fraction of sp³-hybridized carbons (Fsp3) is 0.891. The van der Waals surface area contributed by atoms with Gasteiger partial charge in [0.2, 0.25) is 0 Å². The zero-order valence-corrected chi connectivity index (χ0v) is 42.0. The summed E-state index contributed by atoms with van der Waals surface area (Å²) in [6, 6.07) is 0. The SMILES string of the molecule is CCCCCCCC/C=C\CCCCCCCCCC(=O)OCC(COC1OC(CO)C(O)C(O)C1O)OC(=O)CCCCCCCCCCCCC/C=C\CCCCCCCCCC. The number of allylic oxidation sites excluding steroid dienone is 4. The fourth-order valence-corrected chi connectivity index (χ4v) is 8.47. The Morgan fingerprint density at radius 1 is 0.462 bits per heavy atom. The highest BCUT2D eigenvalue weighted by Crippen LogP contribution is 2.23. The molecule has 1 fully saturated rings. The Labute approximate surface area is 398 Å². The smallest absolute Gasteiger partial charge is 0.306 e. The van der Waals surface area contributed by atoms with Gasteiger partial charge in [-0.2, -0.15) is 0 Å². The average molecular weight is 923 g/mol. The van der Waals surface area contributed by atoms with Crippen LogP contribution in [0, 0.1) is 0 Å². The van der Waals surface area contributed by atoms with Crippen LogP contribution in [-0.4, -0.2) is 89.0 Å². The molecule has 1 aliphatic heterocycles. The van der Waals surface area contributed by atoms with Crippen LogP contribution in [0.1, 0.15) is 258 Å². The molecule has 0 saturated carbocycles. The van der Waals surface area contributed by atoms with Crippen molar-refractivity contribution in [2.45, 2.75) is 295 Å². The molecule has 0 aromatic carbocycles. The maximum atomic E-state index is 12.9. The number of carbonyl (C=O) groups excluding carboxylic acids is 2. The quantitative estimate of drug-likeness (QED) is 0.0264. The molecule has 0 amide bonds. The summed E-state index contributed by atoms with van der Waals surface area (Å²) in [4.78, 5) is 25.5. The lowest BCUT2D eigenvalue weighted by Gasteiger charge is -2.39.